The normalized spacial score (nSPS) is 16.5. The lowest BCUT2D eigenvalue weighted by molar-refractivity contribution is -0.123. The molecule has 1 heterocycles. The van der Waals surface area contributed by atoms with E-state index in [2.05, 4.69) is 18.7 Å². The zero-order chi connectivity index (χ0) is 15.4. The summed E-state index contributed by atoms with van der Waals surface area (Å²) in [7, 11) is 0. The van der Waals surface area contributed by atoms with Crippen molar-refractivity contribution < 1.29 is 14.3 Å². The standard InChI is InChI=1S/C16H20N2O3/c1-4-17(5-2)13-9-7-12(8-10-13)11-14-15(19)18(6-3)16(20)21-14/h7-11H,4-6H2,1-3H3/b14-11+. The highest BCUT2D eigenvalue weighted by atomic mass is 16.6. The van der Waals surface area contributed by atoms with Crippen LogP contribution in [-0.2, 0) is 9.53 Å². The molecular formula is C16H20N2O3. The molecule has 2 amide bonds. The Morgan fingerprint density at radius 2 is 1.71 bits per heavy atom. The lowest BCUT2D eigenvalue weighted by Gasteiger charge is -2.20. The molecule has 0 spiro atoms. The first-order valence-electron chi connectivity index (χ1n) is 7.21. The smallest absolute Gasteiger partial charge is 0.404 e. The van der Waals surface area contributed by atoms with Crippen LogP contribution in [0.1, 0.15) is 26.3 Å². The SMILES string of the molecule is CCN1C(=O)O/C(=C/c2ccc(N(CC)CC)cc2)C1=O. The molecule has 1 aliphatic heterocycles. The number of carbonyl (C=O) groups is 2. The van der Waals surface area contributed by atoms with Gasteiger partial charge in [0.2, 0.25) is 0 Å². The van der Waals surface area contributed by atoms with E-state index in [4.69, 9.17) is 4.74 Å². The second-order valence-electron chi connectivity index (χ2n) is 4.69. The molecule has 5 nitrogen and oxygen atoms in total. The highest BCUT2D eigenvalue weighted by Crippen LogP contribution is 2.21. The van der Waals surface area contributed by atoms with E-state index in [-0.39, 0.29) is 11.7 Å². The van der Waals surface area contributed by atoms with Gasteiger partial charge in [-0.1, -0.05) is 12.1 Å². The van der Waals surface area contributed by atoms with Crippen LogP contribution < -0.4 is 4.90 Å². The molecule has 5 heteroatoms. The number of nitrogens with zero attached hydrogens (tertiary/aromatic N) is 2. The zero-order valence-corrected chi connectivity index (χ0v) is 12.6. The fourth-order valence-electron chi connectivity index (χ4n) is 2.29. The molecule has 0 aromatic heterocycles. The van der Waals surface area contributed by atoms with Crippen LogP contribution in [0.2, 0.25) is 0 Å². The van der Waals surface area contributed by atoms with E-state index in [9.17, 15) is 9.59 Å². The van der Waals surface area contributed by atoms with Crippen LogP contribution in [0.4, 0.5) is 10.5 Å². The summed E-state index contributed by atoms with van der Waals surface area (Å²) in [6.07, 6.45) is 0.996. The van der Waals surface area contributed by atoms with Crippen molar-refractivity contribution in [2.75, 3.05) is 24.5 Å². The minimum absolute atomic E-state index is 0.0810. The minimum Gasteiger partial charge on any atom is -0.404 e. The number of hydrogen-bond acceptors (Lipinski definition) is 4. The van der Waals surface area contributed by atoms with Crippen LogP contribution in [0.3, 0.4) is 0 Å². The molecule has 0 aliphatic carbocycles. The van der Waals surface area contributed by atoms with Gasteiger partial charge >= 0.3 is 6.09 Å². The monoisotopic (exact) mass is 288 g/mol. The molecule has 0 bridgehead atoms. The lowest BCUT2D eigenvalue weighted by Crippen LogP contribution is -2.28. The third-order valence-corrected chi connectivity index (χ3v) is 3.51. The Balaban J connectivity index is 2.19. The first-order chi connectivity index (χ1) is 10.1. The van der Waals surface area contributed by atoms with Crippen LogP contribution in [0.15, 0.2) is 30.0 Å². The average molecular weight is 288 g/mol. The molecule has 1 saturated heterocycles. The van der Waals surface area contributed by atoms with Crippen molar-refractivity contribution in [1.29, 1.82) is 0 Å². The van der Waals surface area contributed by atoms with E-state index >= 15 is 0 Å². The first kappa shape index (κ1) is 15.1. The maximum atomic E-state index is 11.9. The fraction of sp³-hybridized carbons (Fsp3) is 0.375. The van der Waals surface area contributed by atoms with Gasteiger partial charge in [-0.3, -0.25) is 4.79 Å². The zero-order valence-electron chi connectivity index (χ0n) is 12.6. The van der Waals surface area contributed by atoms with Gasteiger partial charge in [-0.2, -0.15) is 0 Å². The number of amides is 2. The van der Waals surface area contributed by atoms with Crippen LogP contribution in [0, 0.1) is 0 Å². The summed E-state index contributed by atoms with van der Waals surface area (Å²) in [6, 6.07) is 7.82. The molecule has 0 saturated carbocycles. The number of anilines is 1. The summed E-state index contributed by atoms with van der Waals surface area (Å²) in [5.74, 6) is -0.298. The third kappa shape index (κ3) is 3.07. The Bertz CT molecular complexity index is 559. The summed E-state index contributed by atoms with van der Waals surface area (Å²) >= 11 is 0. The van der Waals surface area contributed by atoms with E-state index in [0.717, 1.165) is 29.2 Å². The molecule has 112 valence electrons. The Hall–Kier alpha value is -2.30. The largest absolute Gasteiger partial charge is 0.422 e. The number of carbonyl (C=O) groups excluding carboxylic acids is 2. The number of imide groups is 1. The second kappa shape index (κ2) is 6.43. The first-order valence-corrected chi connectivity index (χ1v) is 7.21. The summed E-state index contributed by atoms with van der Waals surface area (Å²) in [5, 5.41) is 0. The van der Waals surface area contributed by atoms with Crippen molar-refractivity contribution in [3.63, 3.8) is 0 Å². The van der Waals surface area contributed by atoms with Gasteiger partial charge in [-0.05, 0) is 44.5 Å². The predicted molar refractivity (Wildman–Crippen MR) is 81.8 cm³/mol. The van der Waals surface area contributed by atoms with Gasteiger partial charge < -0.3 is 9.64 Å². The van der Waals surface area contributed by atoms with Gasteiger partial charge in [0.1, 0.15) is 0 Å². The number of likely N-dealkylation sites (N-methyl/N-ethyl adjacent to an activating group) is 1. The molecule has 2 rings (SSSR count). The topological polar surface area (TPSA) is 49.9 Å². The number of rotatable bonds is 5. The summed E-state index contributed by atoms with van der Waals surface area (Å²) in [5.41, 5.74) is 1.96. The van der Waals surface area contributed by atoms with Gasteiger partial charge in [0.05, 0.1) is 0 Å². The molecule has 0 unspecified atom stereocenters. The fourth-order valence-corrected chi connectivity index (χ4v) is 2.29. The van der Waals surface area contributed by atoms with E-state index in [1.54, 1.807) is 13.0 Å². The second-order valence-corrected chi connectivity index (χ2v) is 4.69. The maximum absolute atomic E-state index is 11.9. The highest BCUT2D eigenvalue weighted by Gasteiger charge is 2.34. The maximum Gasteiger partial charge on any atom is 0.422 e. The van der Waals surface area contributed by atoms with E-state index in [0.29, 0.717) is 6.54 Å². The molecule has 0 radical (unpaired) electrons. The molecule has 1 aliphatic rings. The van der Waals surface area contributed by atoms with Crippen molar-refractivity contribution in [2.24, 2.45) is 0 Å². The third-order valence-electron chi connectivity index (χ3n) is 3.51. The van der Waals surface area contributed by atoms with Crippen molar-refractivity contribution in [3.8, 4) is 0 Å². The summed E-state index contributed by atoms with van der Waals surface area (Å²) in [4.78, 5) is 26.7. The van der Waals surface area contributed by atoms with Crippen molar-refractivity contribution in [3.05, 3.63) is 35.6 Å². The van der Waals surface area contributed by atoms with E-state index in [1.807, 2.05) is 24.3 Å². The van der Waals surface area contributed by atoms with Crippen molar-refractivity contribution >= 4 is 23.8 Å². The van der Waals surface area contributed by atoms with Crippen LogP contribution in [0.25, 0.3) is 6.08 Å². The van der Waals surface area contributed by atoms with Gasteiger partial charge in [0, 0.05) is 25.3 Å². The Kier molecular flexibility index (Phi) is 4.62. The van der Waals surface area contributed by atoms with Gasteiger partial charge in [0.25, 0.3) is 5.91 Å². The average Bonchev–Trinajstić information content (AvgIpc) is 2.76. The quantitative estimate of drug-likeness (QED) is 0.782. The Morgan fingerprint density at radius 3 is 2.19 bits per heavy atom. The Morgan fingerprint density at radius 1 is 1.10 bits per heavy atom. The molecule has 1 aromatic rings. The highest BCUT2D eigenvalue weighted by molar-refractivity contribution is 6.09. The van der Waals surface area contributed by atoms with Crippen molar-refractivity contribution in [1.82, 2.24) is 4.90 Å². The van der Waals surface area contributed by atoms with Crippen LogP contribution in [-0.4, -0.2) is 36.5 Å². The molecule has 1 aromatic carbocycles. The van der Waals surface area contributed by atoms with Gasteiger partial charge in [-0.25, -0.2) is 9.69 Å². The molecule has 0 N–H and O–H groups in total. The summed E-state index contributed by atoms with van der Waals surface area (Å²) in [6.45, 7) is 8.15. The molecule has 1 fully saturated rings. The number of cyclic esters (lactones) is 1. The molecular weight excluding hydrogens is 268 g/mol. The van der Waals surface area contributed by atoms with Crippen LogP contribution in [0.5, 0.6) is 0 Å². The molecule has 0 atom stereocenters. The minimum atomic E-state index is -0.603. The van der Waals surface area contributed by atoms with Gasteiger partial charge in [-0.15, -0.1) is 0 Å². The number of ether oxygens (including phenoxy) is 1. The molecule has 21 heavy (non-hydrogen) atoms. The van der Waals surface area contributed by atoms with Crippen LogP contribution >= 0.6 is 0 Å². The summed E-state index contributed by atoms with van der Waals surface area (Å²) < 4.78 is 4.99. The van der Waals surface area contributed by atoms with Gasteiger partial charge in [0.15, 0.2) is 5.76 Å². The van der Waals surface area contributed by atoms with E-state index in [1.165, 1.54) is 0 Å². The number of hydrogen-bond donors (Lipinski definition) is 0. The predicted octanol–water partition coefficient (Wildman–Crippen LogP) is 2.87. The van der Waals surface area contributed by atoms with E-state index < -0.39 is 6.09 Å². The Labute approximate surface area is 124 Å². The lowest BCUT2D eigenvalue weighted by atomic mass is 10.1. The van der Waals surface area contributed by atoms with Crippen molar-refractivity contribution in [2.45, 2.75) is 20.8 Å². The number of benzene rings is 1.